The number of hydrogen-bond acceptors (Lipinski definition) is 9. The maximum Gasteiger partial charge on any atom is 0.421 e. The van der Waals surface area contributed by atoms with E-state index in [1.807, 2.05) is 0 Å². The van der Waals surface area contributed by atoms with Crippen LogP contribution in [-0.2, 0) is 19.1 Å². The third kappa shape index (κ3) is 3.91. The molecule has 2 fully saturated rings. The summed E-state index contributed by atoms with van der Waals surface area (Å²) < 4.78 is 5.00. The van der Waals surface area contributed by atoms with Crippen molar-refractivity contribution in [2.24, 2.45) is 5.73 Å². The summed E-state index contributed by atoms with van der Waals surface area (Å²) in [5.74, 6) is -1.60. The Kier molecular flexibility index (Phi) is 5.28. The van der Waals surface area contributed by atoms with Gasteiger partial charge in [0.15, 0.2) is 10.9 Å². The van der Waals surface area contributed by atoms with E-state index in [-0.39, 0.29) is 18.1 Å². The topological polar surface area (TPSA) is 180 Å². The molecule has 2 saturated heterocycles. The van der Waals surface area contributed by atoms with Crippen LogP contribution < -0.4 is 26.6 Å². The van der Waals surface area contributed by atoms with Gasteiger partial charge < -0.3 is 26.4 Å². The Hall–Kier alpha value is -3.06. The van der Waals surface area contributed by atoms with Gasteiger partial charge >= 0.3 is 6.09 Å². The minimum absolute atomic E-state index is 0.0690. The molecule has 3 rings (SSSR count). The number of nitrogens with two attached hydrogens (primary N) is 1. The standard InChI is InChI=1S/C16H21N7O5S/c1-6(17)11(24)19-4-7-10(13(26)20-7)22-12(25)9(18)8-5-29-14(21-8)23-15(27)28-16(23,2)3/h5-7,10,18H,4,17H2,1-3H3,(H,19,24)(H,20,26)(H,22,25)/t6-,7+,10-/m0/s1. The fourth-order valence-electron chi connectivity index (χ4n) is 2.75. The largest absolute Gasteiger partial charge is 0.422 e. The van der Waals surface area contributed by atoms with E-state index in [1.165, 1.54) is 17.2 Å². The molecule has 2 aliphatic heterocycles. The Morgan fingerprint density at radius 2 is 2.17 bits per heavy atom. The van der Waals surface area contributed by atoms with Crippen LogP contribution in [0.2, 0.25) is 0 Å². The van der Waals surface area contributed by atoms with Crippen molar-refractivity contribution >= 4 is 46.0 Å². The van der Waals surface area contributed by atoms with Gasteiger partial charge in [0.1, 0.15) is 17.4 Å². The van der Waals surface area contributed by atoms with Gasteiger partial charge in [-0.1, -0.05) is 0 Å². The number of thiazole rings is 1. The lowest BCUT2D eigenvalue weighted by Crippen LogP contribution is -2.72. The molecule has 0 saturated carbocycles. The van der Waals surface area contributed by atoms with E-state index in [9.17, 15) is 19.2 Å². The molecule has 3 atom stereocenters. The minimum atomic E-state index is -0.890. The zero-order valence-corrected chi connectivity index (χ0v) is 16.8. The number of carbonyl (C=O) groups excluding carboxylic acids is 4. The zero-order valence-electron chi connectivity index (χ0n) is 15.9. The maximum atomic E-state index is 12.4. The second-order valence-electron chi connectivity index (χ2n) is 7.14. The number of cyclic esters (lactones) is 1. The highest BCUT2D eigenvalue weighted by Crippen LogP contribution is 2.36. The predicted molar refractivity (Wildman–Crippen MR) is 103 cm³/mol. The summed E-state index contributed by atoms with van der Waals surface area (Å²) in [5.41, 5.74) is 4.23. The van der Waals surface area contributed by atoms with Crippen molar-refractivity contribution in [3.63, 3.8) is 0 Å². The second-order valence-corrected chi connectivity index (χ2v) is 7.98. The first-order chi connectivity index (χ1) is 13.5. The van der Waals surface area contributed by atoms with E-state index in [0.717, 1.165) is 11.3 Å². The fourth-order valence-corrected chi connectivity index (χ4v) is 3.69. The van der Waals surface area contributed by atoms with Gasteiger partial charge in [-0.25, -0.2) is 14.7 Å². The smallest absolute Gasteiger partial charge is 0.421 e. The summed E-state index contributed by atoms with van der Waals surface area (Å²) in [6.45, 7) is 5.00. The molecule has 29 heavy (non-hydrogen) atoms. The van der Waals surface area contributed by atoms with Crippen LogP contribution in [0.25, 0.3) is 0 Å². The number of hydrogen-bond donors (Lipinski definition) is 5. The summed E-state index contributed by atoms with van der Waals surface area (Å²) >= 11 is 1.09. The third-order valence-corrected chi connectivity index (χ3v) is 5.26. The molecule has 0 unspecified atom stereocenters. The van der Waals surface area contributed by atoms with Crippen LogP contribution in [0.1, 0.15) is 26.5 Å². The number of rotatable bonds is 7. The fraction of sp³-hybridized carbons (Fsp3) is 0.500. The number of amides is 4. The molecule has 2 aliphatic rings. The summed E-state index contributed by atoms with van der Waals surface area (Å²) in [6.07, 6.45) is -0.560. The lowest BCUT2D eigenvalue weighted by Gasteiger charge is -2.44. The number of ether oxygens (including phenoxy) is 1. The van der Waals surface area contributed by atoms with Crippen LogP contribution in [0, 0.1) is 5.41 Å². The highest BCUT2D eigenvalue weighted by molar-refractivity contribution is 7.14. The Labute approximate surface area is 169 Å². The number of carbonyl (C=O) groups is 4. The van der Waals surface area contributed by atoms with Gasteiger partial charge in [-0.3, -0.25) is 19.8 Å². The van der Waals surface area contributed by atoms with Crippen LogP contribution >= 0.6 is 11.3 Å². The molecule has 13 heteroatoms. The first-order valence-corrected chi connectivity index (χ1v) is 9.61. The van der Waals surface area contributed by atoms with Gasteiger partial charge in [-0.05, 0) is 20.8 Å². The number of aromatic nitrogens is 1. The summed E-state index contributed by atoms with van der Waals surface area (Å²) in [7, 11) is 0. The lowest BCUT2D eigenvalue weighted by molar-refractivity contribution is -0.135. The SMILES string of the molecule is C[C@H](N)C(=O)NC[C@H]1NC(=O)[C@H]1NC(=O)C(=N)c1csc(N2C(=O)OC2(C)C)n1. The van der Waals surface area contributed by atoms with Gasteiger partial charge in [0.25, 0.3) is 5.91 Å². The molecular weight excluding hydrogens is 402 g/mol. The molecule has 3 heterocycles. The quantitative estimate of drug-likeness (QED) is 0.265. The number of nitrogens with zero attached hydrogens (tertiary/aromatic N) is 2. The van der Waals surface area contributed by atoms with Crippen molar-refractivity contribution in [3.05, 3.63) is 11.1 Å². The normalized spacial score (nSPS) is 23.1. The molecule has 6 N–H and O–H groups in total. The molecule has 1 aromatic rings. The van der Waals surface area contributed by atoms with Crippen molar-refractivity contribution < 1.29 is 23.9 Å². The average molecular weight is 423 g/mol. The van der Waals surface area contributed by atoms with Gasteiger partial charge in [0.05, 0.1) is 12.1 Å². The molecule has 0 radical (unpaired) electrons. The third-order valence-electron chi connectivity index (χ3n) is 4.43. The van der Waals surface area contributed by atoms with Crippen LogP contribution in [0.4, 0.5) is 9.93 Å². The number of nitrogens with one attached hydrogen (secondary N) is 4. The van der Waals surface area contributed by atoms with Crippen LogP contribution in [-0.4, -0.2) is 64.9 Å². The van der Waals surface area contributed by atoms with Gasteiger partial charge in [-0.15, -0.1) is 11.3 Å². The summed E-state index contributed by atoms with van der Waals surface area (Å²) in [6, 6.07) is -2.09. The van der Waals surface area contributed by atoms with Gasteiger partial charge in [0, 0.05) is 11.9 Å². The van der Waals surface area contributed by atoms with Crippen molar-refractivity contribution in [1.29, 1.82) is 5.41 Å². The second kappa shape index (κ2) is 7.40. The van der Waals surface area contributed by atoms with Crippen LogP contribution in [0.15, 0.2) is 5.38 Å². The highest BCUT2D eigenvalue weighted by Gasteiger charge is 2.49. The van der Waals surface area contributed by atoms with Crippen molar-refractivity contribution in [1.82, 2.24) is 20.9 Å². The Morgan fingerprint density at radius 1 is 1.48 bits per heavy atom. The van der Waals surface area contributed by atoms with E-state index in [1.54, 1.807) is 13.8 Å². The monoisotopic (exact) mass is 423 g/mol. The highest BCUT2D eigenvalue weighted by atomic mass is 32.1. The molecule has 0 aromatic carbocycles. The van der Waals surface area contributed by atoms with E-state index >= 15 is 0 Å². The first kappa shape index (κ1) is 20.7. The molecule has 156 valence electrons. The first-order valence-electron chi connectivity index (χ1n) is 8.73. The molecule has 1 aromatic heterocycles. The zero-order chi connectivity index (χ0) is 21.5. The predicted octanol–water partition coefficient (Wildman–Crippen LogP) is -1.35. The Bertz CT molecular complexity index is 896. The molecule has 0 bridgehead atoms. The van der Waals surface area contributed by atoms with E-state index in [4.69, 9.17) is 15.9 Å². The van der Waals surface area contributed by atoms with Crippen molar-refractivity contribution in [2.45, 2.75) is 44.6 Å². The molecule has 12 nitrogen and oxygen atoms in total. The molecular formula is C16H21N7O5S. The van der Waals surface area contributed by atoms with Crippen molar-refractivity contribution in [3.8, 4) is 0 Å². The Balaban J connectivity index is 1.59. The number of anilines is 1. The van der Waals surface area contributed by atoms with E-state index < -0.39 is 47.5 Å². The van der Waals surface area contributed by atoms with Gasteiger partial charge in [-0.2, -0.15) is 0 Å². The van der Waals surface area contributed by atoms with E-state index in [0.29, 0.717) is 5.13 Å². The molecule has 0 spiro atoms. The minimum Gasteiger partial charge on any atom is -0.422 e. The molecule has 4 amide bonds. The van der Waals surface area contributed by atoms with Crippen LogP contribution in [0.3, 0.4) is 0 Å². The number of β-lactam (4-membered cyclic amide) rings is 1. The van der Waals surface area contributed by atoms with Crippen molar-refractivity contribution in [2.75, 3.05) is 11.4 Å². The maximum absolute atomic E-state index is 12.4. The van der Waals surface area contributed by atoms with E-state index in [2.05, 4.69) is 20.9 Å². The average Bonchev–Trinajstić information content (AvgIpc) is 3.09. The van der Waals surface area contributed by atoms with Gasteiger partial charge in [0.2, 0.25) is 11.8 Å². The lowest BCUT2D eigenvalue weighted by atomic mass is 9.98. The molecule has 0 aliphatic carbocycles. The summed E-state index contributed by atoms with van der Waals surface area (Å²) in [4.78, 5) is 52.8. The van der Waals surface area contributed by atoms with Crippen LogP contribution in [0.5, 0.6) is 0 Å². The Morgan fingerprint density at radius 3 is 2.72 bits per heavy atom. The summed E-state index contributed by atoms with van der Waals surface area (Å²) in [5, 5.41) is 17.4.